The SMILES string of the molecule is Cc1ccc(CN(C)c2ccc([C@@H](C)O)nc2)cc1. The van der Waals surface area contributed by atoms with Crippen LogP contribution in [0.3, 0.4) is 0 Å². The number of hydrogen-bond acceptors (Lipinski definition) is 3. The summed E-state index contributed by atoms with van der Waals surface area (Å²) >= 11 is 0. The fourth-order valence-corrected chi connectivity index (χ4v) is 1.93. The minimum atomic E-state index is -0.517. The van der Waals surface area contributed by atoms with Crippen LogP contribution in [0.15, 0.2) is 42.6 Å². The second kappa shape index (κ2) is 5.85. The molecule has 1 atom stereocenters. The molecule has 0 aliphatic rings. The van der Waals surface area contributed by atoms with Gasteiger partial charge in [0.1, 0.15) is 0 Å². The molecule has 1 heterocycles. The van der Waals surface area contributed by atoms with Crippen molar-refractivity contribution in [3.8, 4) is 0 Å². The van der Waals surface area contributed by atoms with Gasteiger partial charge in [-0.1, -0.05) is 29.8 Å². The molecule has 3 heteroatoms. The Balaban J connectivity index is 2.07. The lowest BCUT2D eigenvalue weighted by Gasteiger charge is -2.19. The number of pyridine rings is 1. The average molecular weight is 256 g/mol. The maximum Gasteiger partial charge on any atom is 0.0931 e. The number of benzene rings is 1. The Morgan fingerprint density at radius 3 is 2.37 bits per heavy atom. The Kier molecular flexibility index (Phi) is 4.17. The summed E-state index contributed by atoms with van der Waals surface area (Å²) in [6.45, 7) is 4.65. The summed E-state index contributed by atoms with van der Waals surface area (Å²) in [6, 6.07) is 12.4. The zero-order valence-electron chi connectivity index (χ0n) is 11.7. The molecule has 0 amide bonds. The molecule has 19 heavy (non-hydrogen) atoms. The highest BCUT2D eigenvalue weighted by molar-refractivity contribution is 5.44. The minimum absolute atomic E-state index is 0.517. The average Bonchev–Trinajstić information content (AvgIpc) is 2.41. The molecule has 1 aromatic heterocycles. The van der Waals surface area contributed by atoms with Crippen LogP contribution in [0.2, 0.25) is 0 Å². The van der Waals surface area contributed by atoms with E-state index in [4.69, 9.17) is 0 Å². The van der Waals surface area contributed by atoms with Crippen molar-refractivity contribution in [3.05, 3.63) is 59.4 Å². The quantitative estimate of drug-likeness (QED) is 0.913. The summed E-state index contributed by atoms with van der Waals surface area (Å²) in [4.78, 5) is 6.41. The maximum absolute atomic E-state index is 9.44. The Labute approximate surface area is 114 Å². The first-order valence-corrected chi connectivity index (χ1v) is 6.47. The van der Waals surface area contributed by atoms with E-state index in [-0.39, 0.29) is 0 Å². The Morgan fingerprint density at radius 1 is 1.16 bits per heavy atom. The Hall–Kier alpha value is -1.87. The molecule has 1 N–H and O–H groups in total. The first-order chi connectivity index (χ1) is 9.06. The van der Waals surface area contributed by atoms with Crippen molar-refractivity contribution in [2.24, 2.45) is 0 Å². The van der Waals surface area contributed by atoms with Crippen LogP contribution >= 0.6 is 0 Å². The largest absolute Gasteiger partial charge is 0.387 e. The van der Waals surface area contributed by atoms with Crippen LogP contribution in [0, 0.1) is 6.92 Å². The zero-order chi connectivity index (χ0) is 13.8. The summed E-state index contributed by atoms with van der Waals surface area (Å²) in [5.74, 6) is 0. The van der Waals surface area contributed by atoms with Gasteiger partial charge in [-0.2, -0.15) is 0 Å². The summed E-state index contributed by atoms with van der Waals surface area (Å²) in [7, 11) is 2.04. The molecule has 0 aliphatic carbocycles. The van der Waals surface area contributed by atoms with Crippen molar-refractivity contribution in [1.82, 2.24) is 4.98 Å². The number of anilines is 1. The standard InChI is InChI=1S/C16H20N2O/c1-12-4-6-14(7-5-12)11-18(3)15-8-9-16(13(2)19)17-10-15/h4-10,13,19H,11H2,1-3H3/t13-/m1/s1. The van der Waals surface area contributed by atoms with E-state index < -0.39 is 6.10 Å². The van der Waals surface area contributed by atoms with E-state index >= 15 is 0 Å². The number of aromatic nitrogens is 1. The predicted molar refractivity (Wildman–Crippen MR) is 78.2 cm³/mol. The molecule has 0 unspecified atom stereocenters. The first kappa shape index (κ1) is 13.6. The third-order valence-corrected chi connectivity index (χ3v) is 3.18. The smallest absolute Gasteiger partial charge is 0.0931 e. The van der Waals surface area contributed by atoms with E-state index in [1.807, 2.05) is 19.2 Å². The molecule has 3 nitrogen and oxygen atoms in total. The van der Waals surface area contributed by atoms with Crippen LogP contribution in [0.1, 0.15) is 29.8 Å². The fraction of sp³-hybridized carbons (Fsp3) is 0.312. The number of aryl methyl sites for hydroxylation is 1. The van der Waals surface area contributed by atoms with E-state index in [1.165, 1.54) is 11.1 Å². The highest BCUT2D eigenvalue weighted by atomic mass is 16.3. The molecule has 0 bridgehead atoms. The summed E-state index contributed by atoms with van der Waals surface area (Å²) in [5, 5.41) is 9.44. The van der Waals surface area contributed by atoms with E-state index in [2.05, 4.69) is 41.1 Å². The lowest BCUT2D eigenvalue weighted by Crippen LogP contribution is -2.16. The van der Waals surface area contributed by atoms with Gasteiger partial charge in [0.25, 0.3) is 0 Å². The van der Waals surface area contributed by atoms with Crippen LogP contribution in [-0.4, -0.2) is 17.1 Å². The molecule has 0 spiro atoms. The van der Waals surface area contributed by atoms with E-state index in [1.54, 1.807) is 13.1 Å². The van der Waals surface area contributed by atoms with Gasteiger partial charge in [0.15, 0.2) is 0 Å². The Bertz CT molecular complexity index is 517. The van der Waals surface area contributed by atoms with Gasteiger partial charge in [0.05, 0.1) is 23.7 Å². The van der Waals surface area contributed by atoms with Crippen molar-refractivity contribution in [2.45, 2.75) is 26.5 Å². The van der Waals surface area contributed by atoms with E-state index in [0.29, 0.717) is 5.69 Å². The van der Waals surface area contributed by atoms with Crippen molar-refractivity contribution in [1.29, 1.82) is 0 Å². The zero-order valence-corrected chi connectivity index (χ0v) is 11.7. The van der Waals surface area contributed by atoms with Crippen molar-refractivity contribution < 1.29 is 5.11 Å². The molecule has 2 rings (SSSR count). The second-order valence-electron chi connectivity index (χ2n) is 4.96. The number of rotatable bonds is 4. The van der Waals surface area contributed by atoms with Crippen molar-refractivity contribution in [3.63, 3.8) is 0 Å². The molecule has 100 valence electrons. The maximum atomic E-state index is 9.44. The summed E-state index contributed by atoms with van der Waals surface area (Å²) in [5.41, 5.74) is 4.29. The summed E-state index contributed by atoms with van der Waals surface area (Å²) in [6.07, 6.45) is 1.28. The number of aliphatic hydroxyl groups excluding tert-OH is 1. The first-order valence-electron chi connectivity index (χ1n) is 6.47. The second-order valence-corrected chi connectivity index (χ2v) is 4.96. The predicted octanol–water partition coefficient (Wildman–Crippen LogP) is 3.08. The normalized spacial score (nSPS) is 12.2. The highest BCUT2D eigenvalue weighted by Crippen LogP contribution is 2.17. The van der Waals surface area contributed by atoms with Crippen LogP contribution in [0.25, 0.3) is 0 Å². The number of hydrogen-bond donors (Lipinski definition) is 1. The molecular weight excluding hydrogens is 236 g/mol. The monoisotopic (exact) mass is 256 g/mol. The van der Waals surface area contributed by atoms with Crippen LogP contribution in [0.4, 0.5) is 5.69 Å². The molecule has 2 aromatic rings. The van der Waals surface area contributed by atoms with Crippen molar-refractivity contribution in [2.75, 3.05) is 11.9 Å². The van der Waals surface area contributed by atoms with Crippen LogP contribution in [-0.2, 0) is 6.54 Å². The van der Waals surface area contributed by atoms with Crippen LogP contribution in [0.5, 0.6) is 0 Å². The van der Waals surface area contributed by atoms with Gasteiger partial charge in [0.2, 0.25) is 0 Å². The van der Waals surface area contributed by atoms with Gasteiger partial charge in [-0.05, 0) is 31.5 Å². The molecule has 1 aromatic carbocycles. The third kappa shape index (κ3) is 3.55. The van der Waals surface area contributed by atoms with E-state index in [0.717, 1.165) is 12.2 Å². The molecule has 0 aliphatic heterocycles. The number of nitrogens with zero attached hydrogens (tertiary/aromatic N) is 2. The molecule has 0 fully saturated rings. The lowest BCUT2D eigenvalue weighted by molar-refractivity contribution is 0.194. The van der Waals surface area contributed by atoms with Gasteiger partial charge in [-0.3, -0.25) is 4.98 Å². The molecular formula is C16H20N2O. The lowest BCUT2D eigenvalue weighted by atomic mass is 10.1. The van der Waals surface area contributed by atoms with Gasteiger partial charge in [-0.25, -0.2) is 0 Å². The topological polar surface area (TPSA) is 36.4 Å². The Morgan fingerprint density at radius 2 is 1.84 bits per heavy atom. The van der Waals surface area contributed by atoms with Gasteiger partial charge in [-0.15, -0.1) is 0 Å². The van der Waals surface area contributed by atoms with Gasteiger partial charge in [0, 0.05) is 13.6 Å². The van der Waals surface area contributed by atoms with Crippen molar-refractivity contribution >= 4 is 5.69 Å². The molecule has 0 radical (unpaired) electrons. The minimum Gasteiger partial charge on any atom is -0.387 e. The van der Waals surface area contributed by atoms with Gasteiger partial charge < -0.3 is 10.0 Å². The molecule has 0 saturated carbocycles. The third-order valence-electron chi connectivity index (χ3n) is 3.18. The highest BCUT2D eigenvalue weighted by Gasteiger charge is 2.05. The molecule has 0 saturated heterocycles. The van der Waals surface area contributed by atoms with Crippen LogP contribution < -0.4 is 4.90 Å². The fourth-order valence-electron chi connectivity index (χ4n) is 1.93. The summed E-state index contributed by atoms with van der Waals surface area (Å²) < 4.78 is 0. The van der Waals surface area contributed by atoms with E-state index in [9.17, 15) is 5.11 Å². The number of aliphatic hydroxyl groups is 1. The van der Waals surface area contributed by atoms with Gasteiger partial charge >= 0.3 is 0 Å².